The van der Waals surface area contributed by atoms with Gasteiger partial charge >= 0.3 is 0 Å². The Balaban J connectivity index is 2.20. The number of hydrogen-bond donors (Lipinski definition) is 1. The van der Waals surface area contributed by atoms with E-state index in [1.807, 2.05) is 61.5 Å². The summed E-state index contributed by atoms with van der Waals surface area (Å²) in [6.07, 6.45) is 1.57. The first-order chi connectivity index (χ1) is 12.0. The largest absolute Gasteiger partial charge is 0.494 e. The Labute approximate surface area is 148 Å². The zero-order chi connectivity index (χ0) is 18.2. The molecule has 0 aromatic heterocycles. The fraction of sp³-hybridized carbons (Fsp3) is 0.238. The maximum absolute atomic E-state index is 12.5. The van der Waals surface area contributed by atoms with Gasteiger partial charge in [-0.25, -0.2) is 0 Å². The number of nitrogens with zero attached hydrogens (tertiary/aromatic N) is 1. The van der Waals surface area contributed by atoms with E-state index in [-0.39, 0.29) is 11.5 Å². The minimum atomic E-state index is -0.413. The smallest absolute Gasteiger partial charge is 0.266 e. The predicted octanol–water partition coefficient (Wildman–Crippen LogP) is 4.75. The van der Waals surface area contributed by atoms with Gasteiger partial charge in [-0.15, -0.1) is 0 Å². The topological polar surface area (TPSA) is 62.1 Å². The molecule has 0 saturated heterocycles. The molecule has 0 fully saturated rings. The molecule has 0 atom stereocenters. The molecule has 2 aromatic rings. The summed E-state index contributed by atoms with van der Waals surface area (Å²) in [5.74, 6) is 0.620. The lowest BCUT2D eigenvalue weighted by Crippen LogP contribution is -2.15. The van der Waals surface area contributed by atoms with Gasteiger partial charge in [0.2, 0.25) is 0 Å². The molecule has 0 aliphatic rings. The fourth-order valence-corrected chi connectivity index (χ4v) is 2.45. The summed E-state index contributed by atoms with van der Waals surface area (Å²) in [5.41, 5.74) is 2.60. The number of carbonyl (C=O) groups excluding carboxylic acids is 1. The summed E-state index contributed by atoms with van der Waals surface area (Å²) in [6.45, 7) is 6.63. The highest BCUT2D eigenvalue weighted by Crippen LogP contribution is 2.24. The molecular formula is C21H22N2O2. The first-order valence-corrected chi connectivity index (χ1v) is 8.30. The van der Waals surface area contributed by atoms with Crippen molar-refractivity contribution in [2.45, 2.75) is 26.7 Å². The van der Waals surface area contributed by atoms with Crippen LogP contribution in [0.2, 0.25) is 0 Å². The third-order valence-corrected chi connectivity index (χ3v) is 3.70. The maximum atomic E-state index is 12.5. The normalized spacial score (nSPS) is 11.1. The van der Waals surface area contributed by atoms with E-state index in [9.17, 15) is 10.1 Å². The molecule has 0 bridgehead atoms. The van der Waals surface area contributed by atoms with Crippen LogP contribution < -0.4 is 10.1 Å². The van der Waals surface area contributed by atoms with Crippen LogP contribution in [0.25, 0.3) is 6.08 Å². The van der Waals surface area contributed by atoms with Crippen LogP contribution in [-0.2, 0) is 4.79 Å². The van der Waals surface area contributed by atoms with E-state index in [1.54, 1.807) is 6.08 Å². The Morgan fingerprint density at radius 3 is 2.48 bits per heavy atom. The van der Waals surface area contributed by atoms with Gasteiger partial charge in [0.15, 0.2) is 0 Å². The summed E-state index contributed by atoms with van der Waals surface area (Å²) < 4.78 is 5.39. The fourth-order valence-electron chi connectivity index (χ4n) is 2.45. The van der Waals surface area contributed by atoms with E-state index < -0.39 is 5.91 Å². The van der Waals surface area contributed by atoms with Crippen molar-refractivity contribution in [2.75, 3.05) is 11.9 Å². The summed E-state index contributed by atoms with van der Waals surface area (Å²) in [7, 11) is 0. The molecule has 0 aliphatic heterocycles. The number of nitrogens with one attached hydrogen (secondary N) is 1. The molecule has 25 heavy (non-hydrogen) atoms. The average molecular weight is 334 g/mol. The second kappa shape index (κ2) is 8.70. The van der Waals surface area contributed by atoms with E-state index in [4.69, 9.17) is 4.74 Å². The van der Waals surface area contributed by atoms with Crippen LogP contribution in [0.5, 0.6) is 5.75 Å². The minimum absolute atomic E-state index is 0.0581. The molecule has 0 spiro atoms. The average Bonchev–Trinajstić information content (AvgIpc) is 2.61. The van der Waals surface area contributed by atoms with Crippen LogP contribution in [0.3, 0.4) is 0 Å². The van der Waals surface area contributed by atoms with Crippen molar-refractivity contribution in [2.24, 2.45) is 0 Å². The number of ether oxygens (including phenoxy) is 1. The van der Waals surface area contributed by atoms with E-state index >= 15 is 0 Å². The van der Waals surface area contributed by atoms with Crippen LogP contribution in [0.1, 0.15) is 37.8 Å². The summed E-state index contributed by atoms with van der Waals surface area (Å²) >= 11 is 0. The van der Waals surface area contributed by atoms with Crippen molar-refractivity contribution in [3.8, 4) is 11.8 Å². The van der Waals surface area contributed by atoms with E-state index in [2.05, 4.69) is 19.2 Å². The second-order valence-corrected chi connectivity index (χ2v) is 5.87. The third-order valence-electron chi connectivity index (χ3n) is 3.70. The Morgan fingerprint density at radius 1 is 1.20 bits per heavy atom. The molecule has 4 nitrogen and oxygen atoms in total. The van der Waals surface area contributed by atoms with Crippen LogP contribution in [0.15, 0.2) is 54.1 Å². The molecule has 0 saturated carbocycles. The number of hydrogen-bond acceptors (Lipinski definition) is 3. The molecule has 1 amide bonds. The van der Waals surface area contributed by atoms with Crippen molar-refractivity contribution >= 4 is 17.7 Å². The van der Waals surface area contributed by atoms with Crippen molar-refractivity contribution in [3.05, 3.63) is 65.2 Å². The van der Waals surface area contributed by atoms with Gasteiger partial charge in [0.05, 0.1) is 6.61 Å². The molecule has 0 radical (unpaired) electrons. The molecule has 4 heteroatoms. The lowest BCUT2D eigenvalue weighted by molar-refractivity contribution is -0.112. The van der Waals surface area contributed by atoms with E-state index in [0.717, 1.165) is 22.6 Å². The number of para-hydroxylation sites is 1. The molecule has 128 valence electrons. The Kier molecular flexibility index (Phi) is 6.36. The second-order valence-electron chi connectivity index (χ2n) is 5.87. The number of benzene rings is 2. The van der Waals surface area contributed by atoms with Gasteiger partial charge in [0.25, 0.3) is 5.91 Å². The summed E-state index contributed by atoms with van der Waals surface area (Å²) in [4.78, 5) is 12.5. The van der Waals surface area contributed by atoms with Crippen molar-refractivity contribution in [3.63, 3.8) is 0 Å². The standard InChI is InChI=1S/C21H22N2O2/c1-4-25-18-11-9-16(10-12-18)13-17(14-22)21(24)23-20-8-6-5-7-19(20)15(2)3/h5-13,15H,4H2,1-3H3,(H,23,24)/b17-13+. The van der Waals surface area contributed by atoms with Crippen LogP contribution in [0, 0.1) is 11.3 Å². The zero-order valence-corrected chi connectivity index (χ0v) is 14.7. The van der Waals surface area contributed by atoms with E-state index in [0.29, 0.717) is 6.61 Å². The quantitative estimate of drug-likeness (QED) is 0.612. The predicted molar refractivity (Wildman–Crippen MR) is 100 cm³/mol. The van der Waals surface area contributed by atoms with Crippen LogP contribution in [0.4, 0.5) is 5.69 Å². The highest BCUT2D eigenvalue weighted by molar-refractivity contribution is 6.10. The van der Waals surface area contributed by atoms with Gasteiger partial charge in [0.1, 0.15) is 17.4 Å². The van der Waals surface area contributed by atoms with Gasteiger partial charge in [-0.1, -0.05) is 44.2 Å². The van der Waals surface area contributed by atoms with E-state index in [1.165, 1.54) is 0 Å². The molecule has 1 N–H and O–H groups in total. The lowest BCUT2D eigenvalue weighted by atomic mass is 10.0. The Hall–Kier alpha value is -3.06. The SMILES string of the molecule is CCOc1ccc(/C=C(\C#N)C(=O)Nc2ccccc2C(C)C)cc1. The number of carbonyl (C=O) groups is 1. The van der Waals surface area contributed by atoms with Crippen LogP contribution in [-0.4, -0.2) is 12.5 Å². The van der Waals surface area contributed by atoms with Gasteiger partial charge in [-0.3, -0.25) is 4.79 Å². The number of nitriles is 1. The maximum Gasteiger partial charge on any atom is 0.266 e. The number of rotatable bonds is 6. The first-order valence-electron chi connectivity index (χ1n) is 8.30. The first kappa shape index (κ1) is 18.3. The number of amides is 1. The molecule has 2 aromatic carbocycles. The van der Waals surface area contributed by atoms with Crippen molar-refractivity contribution < 1.29 is 9.53 Å². The van der Waals surface area contributed by atoms with Gasteiger partial charge < -0.3 is 10.1 Å². The summed E-state index contributed by atoms with van der Waals surface area (Å²) in [5, 5.41) is 12.2. The van der Waals surface area contributed by atoms with Crippen molar-refractivity contribution in [1.82, 2.24) is 0 Å². The molecule has 0 heterocycles. The zero-order valence-electron chi connectivity index (χ0n) is 14.7. The minimum Gasteiger partial charge on any atom is -0.494 e. The molecule has 2 rings (SSSR count). The Bertz CT molecular complexity index is 799. The monoisotopic (exact) mass is 334 g/mol. The van der Waals surface area contributed by atoms with Gasteiger partial charge in [-0.2, -0.15) is 5.26 Å². The molecular weight excluding hydrogens is 312 g/mol. The third kappa shape index (κ3) is 4.95. The van der Waals surface area contributed by atoms with Crippen LogP contribution >= 0.6 is 0 Å². The van der Waals surface area contributed by atoms with Crippen molar-refractivity contribution in [1.29, 1.82) is 5.26 Å². The lowest BCUT2D eigenvalue weighted by Gasteiger charge is -2.13. The molecule has 0 unspecified atom stereocenters. The Morgan fingerprint density at radius 2 is 1.88 bits per heavy atom. The molecule has 0 aliphatic carbocycles. The number of anilines is 1. The van der Waals surface area contributed by atoms with Gasteiger partial charge in [0, 0.05) is 5.69 Å². The highest BCUT2D eigenvalue weighted by Gasteiger charge is 2.13. The highest BCUT2D eigenvalue weighted by atomic mass is 16.5. The van der Waals surface area contributed by atoms with Gasteiger partial charge in [-0.05, 0) is 48.2 Å². The summed E-state index contributed by atoms with van der Waals surface area (Å²) in [6, 6.07) is 16.9.